The third-order valence-corrected chi connectivity index (χ3v) is 10.3. The number of aliphatic carboxylic acids is 1. The Balaban J connectivity index is 1.14. The Hall–Kier alpha value is -3.43. The predicted molar refractivity (Wildman–Crippen MR) is 165 cm³/mol. The molecule has 0 unspecified atom stereocenters. The van der Waals surface area contributed by atoms with E-state index in [0.717, 1.165) is 89.8 Å². The van der Waals surface area contributed by atoms with Crippen LogP contribution in [-0.4, -0.2) is 78.1 Å². The molecule has 1 saturated carbocycles. The minimum absolute atomic E-state index is 0.0928. The molecule has 4 atom stereocenters. The highest BCUT2D eigenvalue weighted by Gasteiger charge is 2.46. The highest BCUT2D eigenvalue weighted by atomic mass is 32.1. The third-order valence-electron chi connectivity index (χ3n) is 9.45. The Kier molecular flexibility index (Phi) is 7.98. The molecule has 1 aromatic heterocycles. The van der Waals surface area contributed by atoms with Gasteiger partial charge in [-0.15, -0.1) is 11.3 Å². The molecule has 222 valence electrons. The number of rotatable bonds is 8. The number of thiazole rings is 1. The monoisotopic (exact) mass is 588 g/mol. The van der Waals surface area contributed by atoms with Gasteiger partial charge in [-0.1, -0.05) is 17.7 Å². The van der Waals surface area contributed by atoms with Crippen molar-refractivity contribution in [1.82, 2.24) is 14.8 Å². The maximum atomic E-state index is 13.1. The van der Waals surface area contributed by atoms with E-state index in [1.165, 1.54) is 0 Å². The lowest BCUT2D eigenvalue weighted by atomic mass is 9.85. The second-order valence-corrected chi connectivity index (χ2v) is 13.3. The van der Waals surface area contributed by atoms with Crippen LogP contribution in [0.15, 0.2) is 41.8 Å². The zero-order chi connectivity index (χ0) is 29.5. The van der Waals surface area contributed by atoms with Gasteiger partial charge in [0.1, 0.15) is 12.4 Å². The van der Waals surface area contributed by atoms with Crippen molar-refractivity contribution in [3.63, 3.8) is 0 Å². The number of likely N-dealkylation sites (tertiary alicyclic amines) is 1. The van der Waals surface area contributed by atoms with Gasteiger partial charge in [-0.25, -0.2) is 4.98 Å². The molecule has 2 bridgehead atoms. The molecule has 9 heteroatoms. The summed E-state index contributed by atoms with van der Waals surface area (Å²) in [5, 5.41) is 12.7. The minimum Gasteiger partial charge on any atom is -0.488 e. The summed E-state index contributed by atoms with van der Waals surface area (Å²) in [7, 11) is 4.14. The largest absolute Gasteiger partial charge is 0.488 e. The lowest BCUT2D eigenvalue weighted by Crippen LogP contribution is -2.44. The van der Waals surface area contributed by atoms with Crippen LogP contribution in [0.2, 0.25) is 0 Å². The molecule has 0 spiro atoms. The quantitative estimate of drug-likeness (QED) is 0.381. The molecule has 1 amide bonds. The fourth-order valence-electron chi connectivity index (χ4n) is 6.96. The van der Waals surface area contributed by atoms with Crippen molar-refractivity contribution in [3.05, 3.63) is 64.0 Å². The molecular formula is C33H40N4O4S. The van der Waals surface area contributed by atoms with Crippen LogP contribution in [0.1, 0.15) is 46.3 Å². The van der Waals surface area contributed by atoms with Crippen LogP contribution in [0.25, 0.3) is 11.3 Å². The predicted octanol–water partition coefficient (Wildman–Crippen LogP) is 5.33. The Morgan fingerprint density at radius 1 is 1.05 bits per heavy atom. The Morgan fingerprint density at radius 2 is 1.81 bits per heavy atom. The van der Waals surface area contributed by atoms with Gasteiger partial charge in [-0.3, -0.25) is 9.59 Å². The Labute approximate surface area is 251 Å². The first kappa shape index (κ1) is 28.7. The fourth-order valence-corrected chi connectivity index (χ4v) is 7.81. The minimum atomic E-state index is -0.648. The van der Waals surface area contributed by atoms with Crippen molar-refractivity contribution < 1.29 is 19.4 Å². The van der Waals surface area contributed by atoms with E-state index >= 15 is 0 Å². The fraction of sp³-hybridized carbons (Fsp3) is 0.485. The number of amides is 1. The highest BCUT2D eigenvalue weighted by molar-refractivity contribution is 7.14. The number of piperidine rings is 1. The average Bonchev–Trinajstić information content (AvgIpc) is 3.71. The van der Waals surface area contributed by atoms with Gasteiger partial charge in [0.15, 0.2) is 5.13 Å². The third kappa shape index (κ3) is 5.64. The first-order valence-corrected chi connectivity index (χ1v) is 15.8. The number of benzene rings is 2. The van der Waals surface area contributed by atoms with Crippen molar-refractivity contribution in [3.8, 4) is 17.0 Å². The number of aromatic nitrogens is 1. The van der Waals surface area contributed by atoms with Gasteiger partial charge in [-0.05, 0) is 94.4 Å². The van der Waals surface area contributed by atoms with E-state index < -0.39 is 5.97 Å². The topological polar surface area (TPSA) is 86.2 Å². The standard InChI is InChI=1S/C33H40N4O4S/c1-20-5-10-29(41-18-25-9-6-22(14-21(25)2)31(38)36-12-11-26(17-36)35(3)4)27(13-20)28-19-42-33(34-28)37-15-23-7-8-24(16-37)30(23)32(39)40/h5-6,9-10,13-14,19,23-24,26,30H,7-8,11-12,15-18H2,1-4H3,(H,39,40)/t23-,24+,26-,30+/m0/s1. The molecule has 42 heavy (non-hydrogen) atoms. The molecule has 3 aromatic rings. The lowest BCUT2D eigenvalue weighted by molar-refractivity contribution is -0.144. The number of hydrogen-bond donors (Lipinski definition) is 1. The Morgan fingerprint density at radius 3 is 2.48 bits per heavy atom. The number of fused-ring (bicyclic) bond motifs is 2. The number of likely N-dealkylation sites (N-methyl/N-ethyl adjacent to an activating group) is 1. The molecule has 6 rings (SSSR count). The molecule has 3 heterocycles. The van der Waals surface area contributed by atoms with E-state index in [1.54, 1.807) is 11.3 Å². The molecule has 1 aliphatic carbocycles. The molecule has 2 aliphatic heterocycles. The summed E-state index contributed by atoms with van der Waals surface area (Å²) in [6.45, 7) is 7.56. The maximum absolute atomic E-state index is 13.1. The number of nitrogens with zero attached hydrogens (tertiary/aromatic N) is 4. The van der Waals surface area contributed by atoms with E-state index in [1.807, 2.05) is 42.2 Å². The van der Waals surface area contributed by atoms with Crippen LogP contribution >= 0.6 is 11.3 Å². The summed E-state index contributed by atoms with van der Waals surface area (Å²) in [5.74, 6) is 0.389. The zero-order valence-corrected chi connectivity index (χ0v) is 25.7. The van der Waals surface area contributed by atoms with Crippen LogP contribution in [0.4, 0.5) is 5.13 Å². The van der Waals surface area contributed by atoms with E-state index in [0.29, 0.717) is 12.6 Å². The second-order valence-electron chi connectivity index (χ2n) is 12.5. The van der Waals surface area contributed by atoms with Gasteiger partial charge in [0.2, 0.25) is 0 Å². The van der Waals surface area contributed by atoms with Crippen molar-refractivity contribution in [2.45, 2.75) is 45.8 Å². The van der Waals surface area contributed by atoms with Crippen LogP contribution in [0.5, 0.6) is 5.75 Å². The van der Waals surface area contributed by atoms with Crippen molar-refractivity contribution in [2.75, 3.05) is 45.2 Å². The lowest BCUT2D eigenvalue weighted by Gasteiger charge is -2.35. The summed E-state index contributed by atoms with van der Waals surface area (Å²) in [6, 6.07) is 12.5. The summed E-state index contributed by atoms with van der Waals surface area (Å²) in [4.78, 5) is 36.3. The number of carbonyl (C=O) groups excluding carboxylic acids is 1. The Bertz CT molecular complexity index is 1470. The molecule has 3 fully saturated rings. The van der Waals surface area contributed by atoms with Crippen LogP contribution in [0, 0.1) is 31.6 Å². The average molecular weight is 589 g/mol. The SMILES string of the molecule is Cc1ccc(OCc2ccc(C(=O)N3CC[C@H](N(C)C)C3)cc2C)c(-c2csc(N3C[C@H]4CC[C@@H](C3)[C@H]4C(=O)O)n2)c1. The molecule has 2 saturated heterocycles. The number of ether oxygens (including phenoxy) is 1. The highest BCUT2D eigenvalue weighted by Crippen LogP contribution is 2.44. The van der Waals surface area contributed by atoms with Crippen LogP contribution in [-0.2, 0) is 11.4 Å². The van der Waals surface area contributed by atoms with Crippen LogP contribution < -0.4 is 9.64 Å². The van der Waals surface area contributed by atoms with Gasteiger partial charge in [-0.2, -0.15) is 0 Å². The molecular weight excluding hydrogens is 548 g/mol. The van der Waals surface area contributed by atoms with E-state index in [2.05, 4.69) is 42.3 Å². The molecule has 8 nitrogen and oxygen atoms in total. The summed E-state index contributed by atoms with van der Waals surface area (Å²) in [5.41, 5.74) is 5.76. The number of carboxylic acid groups (broad SMARTS) is 1. The summed E-state index contributed by atoms with van der Waals surface area (Å²) in [6.07, 6.45) is 2.97. The van der Waals surface area contributed by atoms with Crippen molar-refractivity contribution >= 4 is 28.3 Å². The van der Waals surface area contributed by atoms with Crippen molar-refractivity contribution in [2.24, 2.45) is 17.8 Å². The molecule has 2 aromatic carbocycles. The molecule has 0 radical (unpaired) electrons. The van der Waals surface area contributed by atoms with Crippen LogP contribution in [0.3, 0.4) is 0 Å². The summed E-state index contributed by atoms with van der Waals surface area (Å²) < 4.78 is 6.38. The smallest absolute Gasteiger partial charge is 0.307 e. The number of carboxylic acids is 1. The first-order valence-electron chi connectivity index (χ1n) is 14.9. The van der Waals surface area contributed by atoms with E-state index in [4.69, 9.17) is 9.72 Å². The van der Waals surface area contributed by atoms with Gasteiger partial charge in [0.05, 0.1) is 11.6 Å². The maximum Gasteiger partial charge on any atom is 0.307 e. The number of carbonyl (C=O) groups is 2. The molecule has 3 aliphatic rings. The molecule has 1 N–H and O–H groups in total. The second kappa shape index (κ2) is 11.7. The van der Waals surface area contributed by atoms with E-state index in [9.17, 15) is 14.7 Å². The first-order chi connectivity index (χ1) is 20.2. The number of aryl methyl sites for hydroxylation is 2. The number of anilines is 1. The van der Waals surface area contributed by atoms with Gasteiger partial charge in [0, 0.05) is 48.7 Å². The normalized spacial score (nSPS) is 23.5. The van der Waals surface area contributed by atoms with Crippen molar-refractivity contribution in [1.29, 1.82) is 0 Å². The van der Waals surface area contributed by atoms with Gasteiger partial charge < -0.3 is 24.5 Å². The summed E-state index contributed by atoms with van der Waals surface area (Å²) >= 11 is 1.61. The number of hydrogen-bond acceptors (Lipinski definition) is 7. The zero-order valence-electron chi connectivity index (χ0n) is 24.9. The van der Waals surface area contributed by atoms with Gasteiger partial charge in [0.25, 0.3) is 5.91 Å². The van der Waals surface area contributed by atoms with E-state index in [-0.39, 0.29) is 23.7 Å². The van der Waals surface area contributed by atoms with Gasteiger partial charge >= 0.3 is 5.97 Å².